The van der Waals surface area contributed by atoms with E-state index in [0.717, 1.165) is 32.1 Å². The number of Topliss-reactive ketones (excluding diaryl/α,β-unsaturated/α-hetero) is 1. The van der Waals surface area contributed by atoms with Crippen molar-refractivity contribution < 1.29 is 33.5 Å². The molecule has 1 aliphatic heterocycles. The molecule has 1 saturated heterocycles. The average molecular weight is 691 g/mol. The Morgan fingerprint density at radius 2 is 1.59 bits per heavy atom. The Hall–Kier alpha value is -3.64. The van der Waals surface area contributed by atoms with Crippen LogP contribution in [0.3, 0.4) is 0 Å². The molecule has 13 heteroatoms. The molecule has 0 aromatic heterocycles. The fourth-order valence-electron chi connectivity index (χ4n) is 6.58. The highest BCUT2D eigenvalue weighted by Gasteiger charge is 2.47. The van der Waals surface area contributed by atoms with Crippen LogP contribution in [0.2, 0.25) is 0 Å². The average Bonchev–Trinajstić information content (AvgIpc) is 3.72. The number of hydrogen-bond donors (Lipinski definition) is 5. The highest BCUT2D eigenvalue weighted by molar-refractivity contribution is 6.38. The van der Waals surface area contributed by atoms with Crippen molar-refractivity contribution in [3.05, 3.63) is 12.7 Å². The van der Waals surface area contributed by atoms with Gasteiger partial charge in [-0.25, -0.2) is 9.59 Å². The molecule has 2 rings (SSSR count). The maximum absolute atomic E-state index is 14.5. The Balaban J connectivity index is 2.31. The summed E-state index contributed by atoms with van der Waals surface area (Å²) in [6.45, 7) is 19.3. The van der Waals surface area contributed by atoms with E-state index in [1.807, 2.05) is 55.4 Å². The number of unbranched alkanes of at least 4 members (excludes halogenated alkanes) is 1. The summed E-state index contributed by atoms with van der Waals surface area (Å²) in [4.78, 5) is 81.4. The lowest BCUT2D eigenvalue weighted by atomic mass is 9.87. The normalized spacial score (nSPS) is 19.9. The molecule has 2 fully saturated rings. The van der Waals surface area contributed by atoms with E-state index < -0.39 is 59.3 Å². The third-order valence-electron chi connectivity index (χ3n) is 9.52. The lowest BCUT2D eigenvalue weighted by molar-refractivity contribution is -0.144. The largest absolute Gasteiger partial charge is 0.447 e. The Labute approximate surface area is 292 Å². The predicted molar refractivity (Wildman–Crippen MR) is 188 cm³/mol. The Bertz CT molecular complexity index is 1160. The van der Waals surface area contributed by atoms with Gasteiger partial charge in [-0.1, -0.05) is 73.3 Å². The predicted octanol–water partition coefficient (Wildman–Crippen LogP) is 3.81. The molecular formula is C36H62N6O7. The number of ketones is 1. The first-order chi connectivity index (χ1) is 23.0. The van der Waals surface area contributed by atoms with Gasteiger partial charge in [0.2, 0.25) is 17.6 Å². The summed E-state index contributed by atoms with van der Waals surface area (Å²) in [6.07, 6.45) is 6.51. The fourth-order valence-corrected chi connectivity index (χ4v) is 6.58. The highest BCUT2D eigenvalue weighted by Crippen LogP contribution is 2.34. The Kier molecular flexibility index (Phi) is 16.5. The summed E-state index contributed by atoms with van der Waals surface area (Å²) < 4.78 is 5.39. The van der Waals surface area contributed by atoms with E-state index >= 15 is 0 Å². The fraction of sp³-hybridized carbons (Fsp3) is 0.778. The van der Waals surface area contributed by atoms with E-state index in [9.17, 15) is 28.8 Å². The van der Waals surface area contributed by atoms with Gasteiger partial charge in [-0.2, -0.15) is 0 Å². The summed E-state index contributed by atoms with van der Waals surface area (Å²) in [5, 5.41) is 13.9. The smallest absolute Gasteiger partial charge is 0.407 e. The van der Waals surface area contributed by atoms with E-state index in [-0.39, 0.29) is 42.9 Å². The number of alkyl carbamates (subject to hydrolysis) is 1. The minimum Gasteiger partial charge on any atom is -0.447 e. The summed E-state index contributed by atoms with van der Waals surface area (Å²) >= 11 is 0. The lowest BCUT2D eigenvalue weighted by Gasteiger charge is -2.35. The second-order valence-corrected chi connectivity index (χ2v) is 15.2. The van der Waals surface area contributed by atoms with Crippen LogP contribution >= 0.6 is 0 Å². The van der Waals surface area contributed by atoms with Crippen molar-refractivity contribution in [1.82, 2.24) is 31.5 Å². The van der Waals surface area contributed by atoms with Crippen LogP contribution in [0.1, 0.15) is 107 Å². The van der Waals surface area contributed by atoms with Crippen molar-refractivity contribution in [2.24, 2.45) is 23.2 Å². The molecule has 2 aliphatic rings. The molecule has 0 aromatic carbocycles. The number of nitrogens with zero attached hydrogens (tertiary/aromatic N) is 1. The Morgan fingerprint density at radius 3 is 2.14 bits per heavy atom. The minimum absolute atomic E-state index is 0.0517. The first kappa shape index (κ1) is 41.5. The van der Waals surface area contributed by atoms with Crippen molar-refractivity contribution in [2.75, 3.05) is 19.7 Å². The molecular weight excluding hydrogens is 628 g/mol. The van der Waals surface area contributed by atoms with E-state index in [2.05, 4.69) is 33.2 Å². The molecule has 1 heterocycles. The standard InChI is InChI=1S/C36H62N6O7/c1-10-12-17-26(30(43)32(45)37-19-11-2)39-31(44)29-25(22(3)4)18-20-42(29)33(46)28(24-15-13-14-16-24)41-34(47)40-27(36(7,8)9)21-49-35(48)38-23(5)6/h11,22-29H,2,10,12-21H2,1,3-9H3,(H,37,45)(H,38,48)(H,39,44)(H2,40,41,47)/t25-,26?,27-,28+,29+/m1/s1. The van der Waals surface area contributed by atoms with Crippen LogP contribution in [0, 0.1) is 23.2 Å². The van der Waals surface area contributed by atoms with Crippen LogP contribution in [-0.2, 0) is 23.9 Å². The van der Waals surface area contributed by atoms with Crippen LogP contribution < -0.4 is 26.6 Å². The maximum atomic E-state index is 14.5. The number of hydrogen-bond acceptors (Lipinski definition) is 7. The third-order valence-corrected chi connectivity index (χ3v) is 9.52. The van der Waals surface area contributed by atoms with E-state index in [1.54, 1.807) is 4.90 Å². The highest BCUT2D eigenvalue weighted by atomic mass is 16.5. The van der Waals surface area contributed by atoms with Crippen molar-refractivity contribution >= 4 is 35.6 Å². The van der Waals surface area contributed by atoms with Crippen LogP contribution in [0.15, 0.2) is 12.7 Å². The molecule has 1 saturated carbocycles. The second kappa shape index (κ2) is 19.5. The maximum Gasteiger partial charge on any atom is 0.407 e. The number of rotatable bonds is 17. The molecule has 0 radical (unpaired) electrons. The van der Waals surface area contributed by atoms with Crippen LogP contribution in [0.5, 0.6) is 0 Å². The van der Waals surface area contributed by atoms with Crippen LogP contribution in [0.25, 0.3) is 0 Å². The van der Waals surface area contributed by atoms with Crippen LogP contribution in [0.4, 0.5) is 9.59 Å². The number of likely N-dealkylation sites (tertiary alicyclic amines) is 1. The number of nitrogens with one attached hydrogen (secondary N) is 5. The Morgan fingerprint density at radius 1 is 0.939 bits per heavy atom. The second-order valence-electron chi connectivity index (χ2n) is 15.2. The number of amides is 6. The summed E-state index contributed by atoms with van der Waals surface area (Å²) in [5.74, 6) is -2.60. The van der Waals surface area contributed by atoms with E-state index in [0.29, 0.717) is 25.8 Å². The van der Waals surface area contributed by atoms with Crippen molar-refractivity contribution in [3.63, 3.8) is 0 Å². The van der Waals surface area contributed by atoms with Gasteiger partial charge in [-0.05, 0) is 62.7 Å². The molecule has 13 nitrogen and oxygen atoms in total. The van der Waals surface area contributed by atoms with Gasteiger partial charge in [-0.3, -0.25) is 19.2 Å². The number of carbonyl (C=O) groups is 6. The van der Waals surface area contributed by atoms with E-state index in [4.69, 9.17) is 4.74 Å². The molecule has 1 aliphatic carbocycles. The molecule has 0 bridgehead atoms. The summed E-state index contributed by atoms with van der Waals surface area (Å²) in [6, 6.07) is -4.00. The number of carbonyl (C=O) groups excluding carboxylic acids is 6. The summed E-state index contributed by atoms with van der Waals surface area (Å²) in [7, 11) is 0. The molecule has 0 spiro atoms. The summed E-state index contributed by atoms with van der Waals surface area (Å²) in [5.41, 5.74) is -0.473. The number of urea groups is 1. The topological polar surface area (TPSA) is 175 Å². The molecule has 0 aromatic rings. The van der Waals surface area contributed by atoms with Gasteiger partial charge in [0.25, 0.3) is 5.91 Å². The first-order valence-electron chi connectivity index (χ1n) is 18.1. The third kappa shape index (κ3) is 12.6. The zero-order valence-corrected chi connectivity index (χ0v) is 31.0. The van der Waals surface area contributed by atoms with Gasteiger partial charge in [0.1, 0.15) is 18.7 Å². The molecule has 5 N–H and O–H groups in total. The van der Waals surface area contributed by atoms with Gasteiger partial charge in [-0.15, -0.1) is 6.58 Å². The monoisotopic (exact) mass is 690 g/mol. The zero-order chi connectivity index (χ0) is 36.9. The number of ether oxygens (including phenoxy) is 1. The SMILES string of the molecule is C=CCNC(=O)C(=O)C(CCCC)NC(=O)[C@@H]1[C@@H](C(C)C)CCN1C(=O)[C@@H](NC(=O)N[C@H](COC(=O)NC(C)C)C(C)(C)C)C1CCCC1. The molecule has 49 heavy (non-hydrogen) atoms. The van der Waals surface area contributed by atoms with Gasteiger partial charge in [0, 0.05) is 19.1 Å². The quantitative estimate of drug-likeness (QED) is 0.114. The van der Waals surface area contributed by atoms with Gasteiger partial charge in [0.15, 0.2) is 0 Å². The van der Waals surface area contributed by atoms with Crippen molar-refractivity contribution in [1.29, 1.82) is 0 Å². The van der Waals surface area contributed by atoms with Gasteiger partial charge >= 0.3 is 12.1 Å². The first-order valence-corrected chi connectivity index (χ1v) is 18.1. The van der Waals surface area contributed by atoms with Gasteiger partial charge < -0.3 is 36.2 Å². The van der Waals surface area contributed by atoms with E-state index in [1.165, 1.54) is 6.08 Å². The van der Waals surface area contributed by atoms with Crippen molar-refractivity contribution in [3.8, 4) is 0 Å². The molecule has 278 valence electrons. The van der Waals surface area contributed by atoms with Crippen LogP contribution in [-0.4, -0.2) is 90.4 Å². The molecule has 6 amide bonds. The molecule has 1 unspecified atom stereocenters. The molecule has 5 atom stereocenters. The van der Waals surface area contributed by atoms with Crippen molar-refractivity contribution in [2.45, 2.75) is 137 Å². The van der Waals surface area contributed by atoms with Gasteiger partial charge in [0.05, 0.1) is 12.1 Å². The lowest BCUT2D eigenvalue weighted by Crippen LogP contribution is -2.61. The zero-order valence-electron chi connectivity index (χ0n) is 31.0. The minimum atomic E-state index is -1.03.